The molecule has 0 fully saturated rings. The van der Waals surface area contributed by atoms with Crippen LogP contribution in [0, 0.1) is 10.1 Å². The van der Waals surface area contributed by atoms with Gasteiger partial charge < -0.3 is 4.98 Å². The van der Waals surface area contributed by atoms with E-state index in [1.54, 1.807) is 12.1 Å². The maximum atomic E-state index is 12.5. The van der Waals surface area contributed by atoms with E-state index in [9.17, 15) is 18.5 Å². The Balaban J connectivity index is 1.90. The van der Waals surface area contributed by atoms with E-state index in [0.717, 1.165) is 23.0 Å². The molecule has 27 heavy (non-hydrogen) atoms. The van der Waals surface area contributed by atoms with Gasteiger partial charge in [0.15, 0.2) is 0 Å². The molecule has 0 bridgehead atoms. The number of nitro benzene ring substituents is 1. The number of anilines is 1. The molecule has 0 atom stereocenters. The number of hydrogen-bond donors (Lipinski definition) is 2. The quantitative estimate of drug-likeness (QED) is 0.477. The first-order valence-corrected chi connectivity index (χ1v) is 10.0. The van der Waals surface area contributed by atoms with Gasteiger partial charge in [0.1, 0.15) is 0 Å². The summed E-state index contributed by atoms with van der Waals surface area (Å²) in [6.45, 7) is 6.42. The Kier molecular flexibility index (Phi) is 4.69. The molecule has 2 N–H and O–H groups in total. The van der Waals surface area contributed by atoms with Gasteiger partial charge in [-0.15, -0.1) is 0 Å². The fraction of sp³-hybridized carbons (Fsp3) is 0.263. The number of hydrogen-bond acceptors (Lipinski definition) is 4. The van der Waals surface area contributed by atoms with Crippen molar-refractivity contribution in [1.82, 2.24) is 4.98 Å². The van der Waals surface area contributed by atoms with E-state index in [-0.39, 0.29) is 16.0 Å². The van der Waals surface area contributed by atoms with E-state index in [1.165, 1.54) is 24.3 Å². The largest absolute Gasteiger partial charge is 0.358 e. The monoisotopic (exact) mass is 387 g/mol. The Bertz CT molecular complexity index is 1100. The second-order valence-corrected chi connectivity index (χ2v) is 8.76. The van der Waals surface area contributed by atoms with Crippen molar-refractivity contribution in [3.8, 4) is 0 Å². The molecule has 3 rings (SSSR count). The molecule has 7 nitrogen and oxygen atoms in total. The Labute approximate surface area is 157 Å². The Morgan fingerprint density at radius 1 is 1.11 bits per heavy atom. The number of aromatic nitrogens is 1. The molecule has 0 radical (unpaired) electrons. The lowest BCUT2D eigenvalue weighted by Gasteiger charge is -2.20. The first kappa shape index (κ1) is 18.9. The zero-order valence-corrected chi connectivity index (χ0v) is 16.1. The topological polar surface area (TPSA) is 105 Å². The summed E-state index contributed by atoms with van der Waals surface area (Å²) in [5.41, 5.74) is 2.30. The molecule has 1 aromatic heterocycles. The first-order valence-electron chi connectivity index (χ1n) is 8.53. The van der Waals surface area contributed by atoms with Gasteiger partial charge in [0.2, 0.25) is 0 Å². The molecule has 142 valence electrons. The van der Waals surface area contributed by atoms with Crippen LogP contribution in [0.2, 0.25) is 0 Å². The number of non-ortho nitro benzene ring substituents is 1. The van der Waals surface area contributed by atoms with Crippen molar-refractivity contribution in [2.24, 2.45) is 0 Å². The highest BCUT2D eigenvalue weighted by Crippen LogP contribution is 2.30. The highest BCUT2D eigenvalue weighted by Gasteiger charge is 2.21. The average Bonchev–Trinajstić information content (AvgIpc) is 3.05. The summed E-state index contributed by atoms with van der Waals surface area (Å²) in [6.07, 6.45) is 0.972. The van der Waals surface area contributed by atoms with E-state index in [2.05, 4.69) is 30.5 Å². The Hall–Kier alpha value is -2.87. The third-order valence-electron chi connectivity index (χ3n) is 4.84. The van der Waals surface area contributed by atoms with Crippen LogP contribution in [0.15, 0.2) is 53.4 Å². The van der Waals surface area contributed by atoms with Crippen molar-refractivity contribution in [3.63, 3.8) is 0 Å². The van der Waals surface area contributed by atoms with Gasteiger partial charge in [-0.25, -0.2) is 8.42 Å². The zero-order valence-electron chi connectivity index (χ0n) is 15.3. The molecule has 2 aromatic carbocycles. The molecule has 0 spiro atoms. The maximum Gasteiger partial charge on any atom is 0.269 e. The summed E-state index contributed by atoms with van der Waals surface area (Å²) in [5, 5.41) is 11.6. The minimum Gasteiger partial charge on any atom is -0.358 e. The van der Waals surface area contributed by atoms with Crippen molar-refractivity contribution < 1.29 is 13.3 Å². The average molecular weight is 387 g/mol. The van der Waals surface area contributed by atoms with Crippen LogP contribution in [0.4, 0.5) is 11.4 Å². The van der Waals surface area contributed by atoms with Crippen LogP contribution < -0.4 is 4.72 Å². The van der Waals surface area contributed by atoms with E-state index in [1.807, 2.05) is 12.1 Å². The lowest BCUT2D eigenvalue weighted by atomic mass is 9.86. The number of fused-ring (bicyclic) bond motifs is 1. The number of aromatic amines is 1. The van der Waals surface area contributed by atoms with Crippen LogP contribution in [-0.4, -0.2) is 18.3 Å². The van der Waals surface area contributed by atoms with E-state index < -0.39 is 14.9 Å². The number of benzene rings is 2. The van der Waals surface area contributed by atoms with Crippen molar-refractivity contribution >= 4 is 32.3 Å². The standard InChI is InChI=1S/C19H21N3O4S/c1-4-19(2,3)18-12-13-11-14(5-10-17(13)20-18)21-27(25,26)16-8-6-15(7-9-16)22(23)24/h5-12,20-21H,4H2,1-3H3. The van der Waals surface area contributed by atoms with Crippen LogP contribution in [0.1, 0.15) is 32.9 Å². The van der Waals surface area contributed by atoms with E-state index >= 15 is 0 Å². The molecule has 3 aromatic rings. The van der Waals surface area contributed by atoms with Crippen molar-refractivity contribution in [1.29, 1.82) is 0 Å². The second kappa shape index (κ2) is 6.70. The third kappa shape index (κ3) is 3.80. The van der Waals surface area contributed by atoms with Crippen LogP contribution >= 0.6 is 0 Å². The molecule has 0 unspecified atom stereocenters. The van der Waals surface area contributed by atoms with Gasteiger partial charge in [-0.1, -0.05) is 20.8 Å². The highest BCUT2D eigenvalue weighted by molar-refractivity contribution is 7.92. The molecular weight excluding hydrogens is 366 g/mol. The number of nitrogens with one attached hydrogen (secondary N) is 2. The highest BCUT2D eigenvalue weighted by atomic mass is 32.2. The lowest BCUT2D eigenvalue weighted by Crippen LogP contribution is -2.15. The predicted octanol–water partition coefficient (Wildman–Crippen LogP) is 4.56. The van der Waals surface area contributed by atoms with Gasteiger partial charge in [0.25, 0.3) is 15.7 Å². The summed E-state index contributed by atoms with van der Waals surface area (Å²) in [4.78, 5) is 13.5. The summed E-state index contributed by atoms with van der Waals surface area (Å²) in [5.74, 6) is 0. The Morgan fingerprint density at radius 3 is 2.37 bits per heavy atom. The fourth-order valence-electron chi connectivity index (χ4n) is 2.71. The summed E-state index contributed by atoms with van der Waals surface area (Å²) in [7, 11) is -3.83. The fourth-order valence-corrected chi connectivity index (χ4v) is 3.76. The van der Waals surface area contributed by atoms with Gasteiger partial charge in [0.05, 0.1) is 9.82 Å². The molecule has 0 aliphatic carbocycles. The number of sulfonamides is 1. The Morgan fingerprint density at radius 2 is 1.78 bits per heavy atom. The van der Waals surface area contributed by atoms with Gasteiger partial charge in [-0.3, -0.25) is 14.8 Å². The molecule has 0 saturated heterocycles. The van der Waals surface area contributed by atoms with Gasteiger partial charge in [-0.05, 0) is 42.8 Å². The van der Waals surface area contributed by atoms with Crippen molar-refractivity contribution in [2.45, 2.75) is 37.5 Å². The third-order valence-corrected chi connectivity index (χ3v) is 6.24. The van der Waals surface area contributed by atoms with Crippen LogP contribution in [0.3, 0.4) is 0 Å². The molecule has 0 aliphatic rings. The minimum absolute atomic E-state index is 0.00254. The molecular formula is C19H21N3O4S. The van der Waals surface area contributed by atoms with Crippen molar-refractivity contribution in [3.05, 3.63) is 64.3 Å². The number of H-pyrrole nitrogens is 1. The van der Waals surface area contributed by atoms with Gasteiger partial charge >= 0.3 is 0 Å². The second-order valence-electron chi connectivity index (χ2n) is 7.08. The van der Waals surface area contributed by atoms with Gasteiger partial charge in [-0.2, -0.15) is 0 Å². The van der Waals surface area contributed by atoms with Crippen LogP contribution in [0.5, 0.6) is 0 Å². The number of rotatable bonds is 6. The van der Waals surface area contributed by atoms with Crippen LogP contribution in [0.25, 0.3) is 10.9 Å². The molecule has 8 heteroatoms. The first-order chi connectivity index (χ1) is 12.6. The SMILES string of the molecule is CCC(C)(C)c1cc2cc(NS(=O)(=O)c3ccc([N+](=O)[O-])cc3)ccc2[nH]1. The summed E-state index contributed by atoms with van der Waals surface area (Å²) < 4.78 is 27.6. The van der Waals surface area contributed by atoms with Gasteiger partial charge in [0, 0.05) is 39.8 Å². The lowest BCUT2D eigenvalue weighted by molar-refractivity contribution is -0.384. The molecule has 1 heterocycles. The summed E-state index contributed by atoms with van der Waals surface area (Å²) >= 11 is 0. The zero-order chi connectivity index (χ0) is 19.8. The van der Waals surface area contributed by atoms with E-state index in [0.29, 0.717) is 5.69 Å². The smallest absolute Gasteiger partial charge is 0.269 e. The molecule has 0 aliphatic heterocycles. The van der Waals surface area contributed by atoms with E-state index in [4.69, 9.17) is 0 Å². The summed E-state index contributed by atoms with van der Waals surface area (Å²) in [6, 6.07) is 12.1. The maximum absolute atomic E-state index is 12.5. The predicted molar refractivity (Wildman–Crippen MR) is 106 cm³/mol. The molecule has 0 saturated carbocycles. The number of nitro groups is 1. The van der Waals surface area contributed by atoms with Crippen LogP contribution in [-0.2, 0) is 15.4 Å². The van der Waals surface area contributed by atoms with Crippen molar-refractivity contribution in [2.75, 3.05) is 4.72 Å². The molecule has 0 amide bonds. The number of nitrogens with zero attached hydrogens (tertiary/aromatic N) is 1. The normalized spacial score (nSPS) is 12.3. The minimum atomic E-state index is -3.83.